The van der Waals surface area contributed by atoms with Gasteiger partial charge in [0, 0.05) is 17.6 Å². The molecule has 0 aromatic heterocycles. The van der Waals surface area contributed by atoms with Gasteiger partial charge in [-0.25, -0.2) is 12.8 Å². The molecule has 1 aliphatic carbocycles. The number of hydrogen-bond donors (Lipinski definition) is 1. The number of nitrogens with zero attached hydrogens (tertiary/aromatic N) is 2. The Morgan fingerprint density at radius 1 is 0.951 bits per heavy atom. The first-order valence-corrected chi connectivity index (χ1v) is 15.7. The number of anilines is 1. The number of sulfonamides is 1. The van der Waals surface area contributed by atoms with E-state index in [1.165, 1.54) is 41.3 Å². The average molecular weight is 600 g/mol. The van der Waals surface area contributed by atoms with E-state index >= 15 is 0 Å². The van der Waals surface area contributed by atoms with Gasteiger partial charge in [0.05, 0.1) is 10.6 Å². The van der Waals surface area contributed by atoms with Gasteiger partial charge < -0.3 is 10.2 Å². The van der Waals surface area contributed by atoms with E-state index in [1.54, 1.807) is 42.5 Å². The Morgan fingerprint density at radius 2 is 1.59 bits per heavy atom. The van der Waals surface area contributed by atoms with Gasteiger partial charge in [0.15, 0.2) is 0 Å². The van der Waals surface area contributed by atoms with Crippen LogP contribution in [0.2, 0.25) is 5.02 Å². The van der Waals surface area contributed by atoms with E-state index in [0.29, 0.717) is 17.0 Å². The van der Waals surface area contributed by atoms with E-state index in [2.05, 4.69) is 5.32 Å². The van der Waals surface area contributed by atoms with Crippen LogP contribution in [0.15, 0.2) is 83.8 Å². The summed E-state index contributed by atoms with van der Waals surface area (Å²) in [6.07, 6.45) is 5.29. The van der Waals surface area contributed by atoms with Crippen molar-refractivity contribution in [3.05, 3.63) is 95.3 Å². The Morgan fingerprint density at radius 3 is 2.20 bits per heavy atom. The molecular weight excluding hydrogens is 565 g/mol. The predicted octanol–water partition coefficient (Wildman–Crippen LogP) is 5.93. The first-order chi connectivity index (χ1) is 19.7. The topological polar surface area (TPSA) is 86.8 Å². The molecule has 1 fully saturated rings. The lowest BCUT2D eigenvalue weighted by Crippen LogP contribution is -2.54. The monoisotopic (exact) mass is 599 g/mol. The smallest absolute Gasteiger partial charge is 0.264 e. The van der Waals surface area contributed by atoms with Crippen molar-refractivity contribution in [3.8, 4) is 0 Å². The molecule has 0 bridgehead atoms. The molecule has 3 aromatic carbocycles. The number of amides is 2. The van der Waals surface area contributed by atoms with E-state index in [1.807, 2.05) is 6.92 Å². The van der Waals surface area contributed by atoms with Crippen LogP contribution >= 0.6 is 11.6 Å². The molecule has 0 aliphatic heterocycles. The van der Waals surface area contributed by atoms with Crippen molar-refractivity contribution in [2.24, 2.45) is 0 Å². The summed E-state index contributed by atoms with van der Waals surface area (Å²) in [5.74, 6) is -1.26. The quantitative estimate of drug-likeness (QED) is 0.296. The van der Waals surface area contributed by atoms with E-state index in [0.717, 1.165) is 36.4 Å². The first kappa shape index (κ1) is 30.5. The molecule has 1 saturated carbocycles. The fourth-order valence-corrected chi connectivity index (χ4v) is 6.67. The summed E-state index contributed by atoms with van der Waals surface area (Å²) < 4.78 is 42.3. The molecule has 0 radical (unpaired) electrons. The molecule has 0 heterocycles. The second kappa shape index (κ2) is 14.0. The van der Waals surface area contributed by atoms with Crippen LogP contribution < -0.4 is 9.62 Å². The van der Waals surface area contributed by atoms with Crippen molar-refractivity contribution in [2.45, 2.75) is 69.0 Å². The third-order valence-corrected chi connectivity index (χ3v) is 9.37. The van der Waals surface area contributed by atoms with Crippen molar-refractivity contribution in [3.63, 3.8) is 0 Å². The summed E-state index contributed by atoms with van der Waals surface area (Å²) in [6, 6.07) is 18.9. The van der Waals surface area contributed by atoms with Gasteiger partial charge in [-0.3, -0.25) is 13.9 Å². The van der Waals surface area contributed by atoms with Crippen molar-refractivity contribution in [1.82, 2.24) is 10.2 Å². The molecule has 1 aliphatic rings. The van der Waals surface area contributed by atoms with E-state index in [9.17, 15) is 22.4 Å². The maximum atomic E-state index is 14.1. The Hall–Kier alpha value is -3.43. The van der Waals surface area contributed by atoms with Gasteiger partial charge >= 0.3 is 0 Å². The average Bonchev–Trinajstić information content (AvgIpc) is 2.98. The van der Waals surface area contributed by atoms with Crippen LogP contribution in [-0.4, -0.2) is 43.8 Å². The third-order valence-electron chi connectivity index (χ3n) is 7.33. The van der Waals surface area contributed by atoms with Crippen LogP contribution in [0.25, 0.3) is 0 Å². The van der Waals surface area contributed by atoms with Crippen molar-refractivity contribution in [2.75, 3.05) is 10.8 Å². The molecule has 2 amide bonds. The zero-order valence-corrected chi connectivity index (χ0v) is 24.6. The highest BCUT2D eigenvalue weighted by molar-refractivity contribution is 7.92. The number of nitrogens with one attached hydrogen (secondary N) is 1. The van der Waals surface area contributed by atoms with Crippen LogP contribution in [0.3, 0.4) is 0 Å². The highest BCUT2D eigenvalue weighted by Gasteiger charge is 2.34. The number of carbonyl (C=O) groups excluding carboxylic acids is 2. The second-order valence-electron chi connectivity index (χ2n) is 10.2. The summed E-state index contributed by atoms with van der Waals surface area (Å²) in [5, 5.41) is 3.53. The minimum atomic E-state index is -4.16. The molecular formula is C31H35ClFN3O4S. The first-order valence-electron chi connectivity index (χ1n) is 13.9. The highest BCUT2D eigenvalue weighted by Crippen LogP contribution is 2.26. The zero-order valence-electron chi connectivity index (χ0n) is 23.0. The molecule has 41 heavy (non-hydrogen) atoms. The largest absolute Gasteiger partial charge is 0.352 e. The van der Waals surface area contributed by atoms with E-state index in [-0.39, 0.29) is 29.1 Å². The third kappa shape index (κ3) is 7.86. The lowest BCUT2D eigenvalue weighted by molar-refractivity contribution is -0.140. The molecule has 1 unspecified atom stereocenters. The van der Waals surface area contributed by atoms with Gasteiger partial charge in [-0.2, -0.15) is 0 Å². The zero-order chi connectivity index (χ0) is 29.4. The van der Waals surface area contributed by atoms with Crippen LogP contribution in [0.5, 0.6) is 0 Å². The molecule has 10 heteroatoms. The summed E-state index contributed by atoms with van der Waals surface area (Å²) in [7, 11) is -4.16. The molecule has 7 nitrogen and oxygen atoms in total. The van der Waals surface area contributed by atoms with E-state index < -0.39 is 34.3 Å². The highest BCUT2D eigenvalue weighted by atomic mass is 35.5. The Kier molecular flexibility index (Phi) is 10.4. The van der Waals surface area contributed by atoms with Crippen molar-refractivity contribution < 1.29 is 22.4 Å². The Balaban J connectivity index is 1.68. The standard InChI is InChI=1S/C31H35ClFN3O4S/c1-2-29(31(38)34-26-9-5-3-6-10-26)35(21-23-13-17-25(33)18-14-23)30(37)22-36(27-19-15-24(32)16-20-27)41(39,40)28-11-7-4-8-12-28/h4,7-8,11-20,26,29H,2-3,5-6,9-10,21-22H2,1H3,(H,34,38). The summed E-state index contributed by atoms with van der Waals surface area (Å²) in [5.41, 5.74) is 0.876. The number of halogens is 2. The normalized spacial score (nSPS) is 14.7. The molecule has 1 atom stereocenters. The fraction of sp³-hybridized carbons (Fsp3) is 0.355. The minimum Gasteiger partial charge on any atom is -0.352 e. The van der Waals surface area contributed by atoms with E-state index in [4.69, 9.17) is 11.6 Å². The van der Waals surface area contributed by atoms with Crippen LogP contribution in [0.4, 0.5) is 10.1 Å². The van der Waals surface area contributed by atoms with Crippen molar-refractivity contribution >= 4 is 39.1 Å². The fourth-order valence-electron chi connectivity index (χ4n) is 5.11. The SMILES string of the molecule is CCC(C(=O)NC1CCCCC1)N(Cc1ccc(F)cc1)C(=O)CN(c1ccc(Cl)cc1)S(=O)(=O)c1ccccc1. The minimum absolute atomic E-state index is 0.00947. The maximum Gasteiger partial charge on any atom is 0.264 e. The number of carbonyl (C=O) groups is 2. The van der Waals surface area contributed by atoms with Crippen LogP contribution in [-0.2, 0) is 26.2 Å². The van der Waals surface area contributed by atoms with Crippen molar-refractivity contribution in [1.29, 1.82) is 0 Å². The van der Waals surface area contributed by atoms with Gasteiger partial charge in [-0.15, -0.1) is 0 Å². The summed E-state index contributed by atoms with van der Waals surface area (Å²) >= 11 is 6.07. The molecule has 3 aromatic rings. The van der Waals surface area contributed by atoms with Gasteiger partial charge in [0.2, 0.25) is 11.8 Å². The van der Waals surface area contributed by atoms with Gasteiger partial charge in [0.1, 0.15) is 18.4 Å². The number of rotatable bonds is 11. The molecule has 0 saturated heterocycles. The molecule has 4 rings (SSSR count). The Bertz CT molecular complexity index is 1410. The Labute approximate surface area is 246 Å². The lowest BCUT2D eigenvalue weighted by Gasteiger charge is -2.34. The van der Waals surface area contributed by atoms with Gasteiger partial charge in [0.25, 0.3) is 10.0 Å². The van der Waals surface area contributed by atoms with Crippen LogP contribution in [0, 0.1) is 5.82 Å². The summed E-state index contributed by atoms with van der Waals surface area (Å²) in [4.78, 5) is 29.0. The van der Waals surface area contributed by atoms with Crippen LogP contribution in [0.1, 0.15) is 51.0 Å². The number of benzene rings is 3. The van der Waals surface area contributed by atoms with Gasteiger partial charge in [-0.05, 0) is 73.4 Å². The predicted molar refractivity (Wildman–Crippen MR) is 158 cm³/mol. The number of hydrogen-bond acceptors (Lipinski definition) is 4. The van der Waals surface area contributed by atoms with Gasteiger partial charge in [-0.1, -0.05) is 68.1 Å². The maximum absolute atomic E-state index is 14.1. The summed E-state index contributed by atoms with van der Waals surface area (Å²) in [6.45, 7) is 1.27. The molecule has 0 spiro atoms. The lowest BCUT2D eigenvalue weighted by atomic mass is 9.95. The molecule has 218 valence electrons. The second-order valence-corrected chi connectivity index (χ2v) is 12.5. The molecule has 1 N–H and O–H groups in total.